The zero-order chi connectivity index (χ0) is 15.1. The van der Waals surface area contributed by atoms with Gasteiger partial charge in [-0.15, -0.1) is 0 Å². The van der Waals surface area contributed by atoms with E-state index in [9.17, 15) is 14.9 Å². The topological polar surface area (TPSA) is 98.3 Å². The van der Waals surface area contributed by atoms with Crippen molar-refractivity contribution in [2.24, 2.45) is 0 Å². The molecule has 1 aromatic carbocycles. The Hall–Kier alpha value is -1.76. The van der Waals surface area contributed by atoms with Crippen LogP contribution < -0.4 is 11.1 Å². The van der Waals surface area contributed by atoms with Crippen LogP contribution in [0.3, 0.4) is 0 Å². The molecule has 3 N–H and O–H groups in total. The summed E-state index contributed by atoms with van der Waals surface area (Å²) in [6, 6.07) is 3.96. The van der Waals surface area contributed by atoms with Crippen molar-refractivity contribution >= 4 is 29.0 Å². The van der Waals surface area contributed by atoms with E-state index < -0.39 is 10.8 Å². The number of nitrogen functional groups attached to an aromatic ring is 1. The van der Waals surface area contributed by atoms with Gasteiger partial charge in [-0.3, -0.25) is 14.9 Å². The number of thioether (sulfide) groups is 1. The minimum atomic E-state index is -0.577. The van der Waals surface area contributed by atoms with Crippen molar-refractivity contribution in [2.45, 2.75) is 26.3 Å². The normalized spacial score (nSPS) is 11.9. The first kappa shape index (κ1) is 16.3. The highest BCUT2D eigenvalue weighted by molar-refractivity contribution is 7.99. The predicted molar refractivity (Wildman–Crippen MR) is 82.1 cm³/mol. The molecule has 20 heavy (non-hydrogen) atoms. The lowest BCUT2D eigenvalue weighted by Gasteiger charge is -2.13. The summed E-state index contributed by atoms with van der Waals surface area (Å²) in [4.78, 5) is 22.4. The number of rotatable bonds is 7. The van der Waals surface area contributed by atoms with Gasteiger partial charge in [-0.05, 0) is 37.0 Å². The molecule has 0 saturated heterocycles. The monoisotopic (exact) mass is 297 g/mol. The van der Waals surface area contributed by atoms with Gasteiger partial charge in [0, 0.05) is 17.8 Å². The molecule has 0 radical (unpaired) electrons. The van der Waals surface area contributed by atoms with Crippen LogP contribution in [0.5, 0.6) is 0 Å². The number of carbonyl (C=O) groups excluding carboxylic acids is 1. The highest BCUT2D eigenvalue weighted by atomic mass is 32.2. The van der Waals surface area contributed by atoms with Crippen LogP contribution in [0.4, 0.5) is 11.4 Å². The summed E-state index contributed by atoms with van der Waals surface area (Å²) in [5.74, 6) is 1.51. The highest BCUT2D eigenvalue weighted by Gasteiger charge is 2.21. The first-order valence-corrected chi connectivity index (χ1v) is 7.53. The number of hydrogen-bond acceptors (Lipinski definition) is 5. The molecule has 0 saturated carbocycles. The number of nitrogens with zero attached hydrogens (tertiary/aromatic N) is 1. The fraction of sp³-hybridized carbons (Fsp3) is 0.462. The minimum Gasteiger partial charge on any atom is -0.399 e. The Kier molecular flexibility index (Phi) is 6.30. The molecule has 0 aromatic heterocycles. The van der Waals surface area contributed by atoms with Crippen LogP contribution in [0.15, 0.2) is 18.2 Å². The molecule has 0 bridgehead atoms. The van der Waals surface area contributed by atoms with Crippen molar-refractivity contribution in [2.75, 3.05) is 17.2 Å². The lowest BCUT2D eigenvalue weighted by Crippen LogP contribution is -2.33. The summed E-state index contributed by atoms with van der Waals surface area (Å²) in [5.41, 5.74) is 5.69. The number of nitrogens with two attached hydrogens (primary N) is 1. The number of nitro groups is 1. The van der Waals surface area contributed by atoms with Gasteiger partial charge in [-0.1, -0.05) is 6.92 Å². The SMILES string of the molecule is CCSCCC(C)NC(=O)c1cc(N)ccc1[N+](=O)[O-]. The zero-order valence-electron chi connectivity index (χ0n) is 11.6. The van der Waals surface area contributed by atoms with Gasteiger partial charge in [-0.2, -0.15) is 11.8 Å². The van der Waals surface area contributed by atoms with E-state index in [0.717, 1.165) is 17.9 Å². The Morgan fingerprint density at radius 1 is 1.55 bits per heavy atom. The first-order chi connectivity index (χ1) is 9.45. The van der Waals surface area contributed by atoms with Gasteiger partial charge in [0.05, 0.1) is 4.92 Å². The van der Waals surface area contributed by atoms with Crippen molar-refractivity contribution in [1.29, 1.82) is 0 Å². The minimum absolute atomic E-state index is 0.00462. The summed E-state index contributed by atoms with van der Waals surface area (Å²) >= 11 is 1.79. The van der Waals surface area contributed by atoms with Crippen LogP contribution in [0.1, 0.15) is 30.6 Å². The summed E-state index contributed by atoms with van der Waals surface area (Å²) < 4.78 is 0. The van der Waals surface area contributed by atoms with Crippen LogP contribution in [-0.4, -0.2) is 28.4 Å². The fourth-order valence-electron chi connectivity index (χ4n) is 1.67. The van der Waals surface area contributed by atoms with Crippen LogP contribution in [0, 0.1) is 10.1 Å². The second-order valence-electron chi connectivity index (χ2n) is 4.39. The van der Waals surface area contributed by atoms with E-state index >= 15 is 0 Å². The van der Waals surface area contributed by atoms with Gasteiger partial charge < -0.3 is 11.1 Å². The maximum Gasteiger partial charge on any atom is 0.282 e. The molecule has 0 fully saturated rings. The second-order valence-corrected chi connectivity index (χ2v) is 5.79. The van der Waals surface area contributed by atoms with Crippen molar-refractivity contribution < 1.29 is 9.72 Å². The van der Waals surface area contributed by atoms with E-state index in [0.29, 0.717) is 5.69 Å². The maximum atomic E-state index is 12.1. The van der Waals surface area contributed by atoms with E-state index in [1.165, 1.54) is 18.2 Å². The van der Waals surface area contributed by atoms with Gasteiger partial charge in [0.25, 0.3) is 11.6 Å². The molecule has 0 heterocycles. The molecule has 1 unspecified atom stereocenters. The largest absolute Gasteiger partial charge is 0.399 e. The lowest BCUT2D eigenvalue weighted by atomic mass is 10.1. The van der Waals surface area contributed by atoms with Crippen LogP contribution in [0.25, 0.3) is 0 Å². The molecule has 0 spiro atoms. The quantitative estimate of drug-likeness (QED) is 0.348. The first-order valence-electron chi connectivity index (χ1n) is 6.38. The Labute approximate surface area is 122 Å². The van der Waals surface area contributed by atoms with Crippen LogP contribution in [0.2, 0.25) is 0 Å². The standard InChI is InChI=1S/C13H19N3O3S/c1-3-20-7-6-9(2)15-13(17)11-8-10(14)4-5-12(11)16(18)19/h4-5,8-9H,3,6-7,14H2,1-2H3,(H,15,17). The van der Waals surface area contributed by atoms with Gasteiger partial charge in [0.2, 0.25) is 0 Å². The molecule has 1 atom stereocenters. The molecule has 7 heteroatoms. The molecule has 6 nitrogen and oxygen atoms in total. The van der Waals surface area contributed by atoms with E-state index in [-0.39, 0.29) is 17.3 Å². The Morgan fingerprint density at radius 3 is 2.85 bits per heavy atom. The molecule has 1 amide bonds. The van der Waals surface area contributed by atoms with Gasteiger partial charge in [0.1, 0.15) is 5.56 Å². The van der Waals surface area contributed by atoms with Gasteiger partial charge in [-0.25, -0.2) is 0 Å². The number of amides is 1. The zero-order valence-corrected chi connectivity index (χ0v) is 12.4. The van der Waals surface area contributed by atoms with Crippen molar-refractivity contribution in [3.05, 3.63) is 33.9 Å². The van der Waals surface area contributed by atoms with E-state index in [2.05, 4.69) is 12.2 Å². The summed E-state index contributed by atoms with van der Waals surface area (Å²) in [7, 11) is 0. The summed E-state index contributed by atoms with van der Waals surface area (Å²) in [5, 5.41) is 13.7. The van der Waals surface area contributed by atoms with Crippen molar-refractivity contribution in [1.82, 2.24) is 5.32 Å². The van der Waals surface area contributed by atoms with Crippen LogP contribution >= 0.6 is 11.8 Å². The molecule has 0 aliphatic heterocycles. The number of nitro benzene ring substituents is 1. The number of anilines is 1. The molecular weight excluding hydrogens is 278 g/mol. The Bertz CT molecular complexity index is 494. The third kappa shape index (κ3) is 4.73. The summed E-state index contributed by atoms with van der Waals surface area (Å²) in [6.45, 7) is 3.95. The molecule has 0 aliphatic carbocycles. The Morgan fingerprint density at radius 2 is 2.25 bits per heavy atom. The number of hydrogen-bond donors (Lipinski definition) is 2. The number of benzene rings is 1. The van der Waals surface area contributed by atoms with E-state index in [4.69, 9.17) is 5.73 Å². The van der Waals surface area contributed by atoms with Crippen molar-refractivity contribution in [3.63, 3.8) is 0 Å². The third-order valence-electron chi connectivity index (χ3n) is 2.74. The van der Waals surface area contributed by atoms with E-state index in [1.54, 1.807) is 11.8 Å². The number of carbonyl (C=O) groups is 1. The lowest BCUT2D eigenvalue weighted by molar-refractivity contribution is -0.385. The molecule has 1 rings (SSSR count). The van der Waals surface area contributed by atoms with Gasteiger partial charge >= 0.3 is 0 Å². The maximum absolute atomic E-state index is 12.1. The smallest absolute Gasteiger partial charge is 0.282 e. The number of nitrogens with one attached hydrogen (secondary N) is 1. The highest BCUT2D eigenvalue weighted by Crippen LogP contribution is 2.21. The summed E-state index contributed by atoms with van der Waals surface area (Å²) in [6.07, 6.45) is 0.820. The molecule has 0 aliphatic rings. The average molecular weight is 297 g/mol. The Balaban J connectivity index is 2.76. The second kappa shape index (κ2) is 7.74. The average Bonchev–Trinajstić information content (AvgIpc) is 2.38. The van der Waals surface area contributed by atoms with Crippen molar-refractivity contribution in [3.8, 4) is 0 Å². The predicted octanol–water partition coefficient (Wildman–Crippen LogP) is 2.44. The van der Waals surface area contributed by atoms with E-state index in [1.807, 2.05) is 6.92 Å². The fourth-order valence-corrected chi connectivity index (χ4v) is 2.48. The molecular formula is C13H19N3O3S. The van der Waals surface area contributed by atoms with Gasteiger partial charge in [0.15, 0.2) is 0 Å². The molecule has 1 aromatic rings. The third-order valence-corrected chi connectivity index (χ3v) is 3.67. The molecule has 110 valence electrons. The van der Waals surface area contributed by atoms with Crippen LogP contribution in [-0.2, 0) is 0 Å².